The van der Waals surface area contributed by atoms with Crippen molar-refractivity contribution in [3.05, 3.63) is 48.2 Å². The van der Waals surface area contributed by atoms with Gasteiger partial charge in [-0.2, -0.15) is 0 Å². The van der Waals surface area contributed by atoms with Crippen molar-refractivity contribution in [2.24, 2.45) is 5.92 Å². The molecule has 1 aromatic heterocycles. The van der Waals surface area contributed by atoms with E-state index in [1.54, 1.807) is 0 Å². The topological polar surface area (TPSA) is 84.6 Å². The Kier molecular flexibility index (Phi) is 5.80. The smallest absolute Gasteiger partial charge is 0.438 e. The molecule has 1 amide bonds. The quantitative estimate of drug-likeness (QED) is 0.804. The first-order valence-electron chi connectivity index (χ1n) is 6.99. The first-order valence-corrected chi connectivity index (χ1v) is 6.99. The van der Waals surface area contributed by atoms with Crippen LogP contribution in [0.4, 0.5) is 13.2 Å². The molecule has 1 heterocycles. The number of alkyl halides is 3. The fourth-order valence-electron chi connectivity index (χ4n) is 2.01. The molecule has 1 aromatic carbocycles. The summed E-state index contributed by atoms with van der Waals surface area (Å²) < 4.78 is 44.9. The number of hydrogen-bond donors (Lipinski definition) is 2. The Balaban J connectivity index is 1.87. The molecule has 9 heteroatoms. The molecule has 0 aliphatic rings. The molecule has 0 radical (unpaired) electrons. The molecular weight excluding hydrogens is 329 g/mol. The summed E-state index contributed by atoms with van der Waals surface area (Å²) in [4.78, 5) is 15.3. The van der Waals surface area contributed by atoms with Gasteiger partial charge >= 0.3 is 6.36 Å². The normalized spacial score (nSPS) is 12.7. The minimum absolute atomic E-state index is 0.0559. The summed E-state index contributed by atoms with van der Waals surface area (Å²) in [5.41, 5.74) is 0.706. The molecule has 2 rings (SSSR count). The fourth-order valence-corrected chi connectivity index (χ4v) is 2.01. The number of aromatic nitrogens is 1. The first-order chi connectivity index (χ1) is 11.4. The SMILES string of the molecule is O=C(NCC(CO)Cc1ccc(OC(F)(F)F)cc1)c1cnco1. The Bertz CT molecular complexity index is 642. The van der Waals surface area contributed by atoms with Gasteiger partial charge in [-0.25, -0.2) is 4.98 Å². The number of halogens is 3. The largest absolute Gasteiger partial charge is 0.573 e. The maximum Gasteiger partial charge on any atom is 0.573 e. The van der Waals surface area contributed by atoms with Crippen molar-refractivity contribution in [1.29, 1.82) is 0 Å². The van der Waals surface area contributed by atoms with E-state index in [4.69, 9.17) is 4.42 Å². The predicted molar refractivity (Wildman–Crippen MR) is 76.2 cm³/mol. The van der Waals surface area contributed by atoms with E-state index in [0.29, 0.717) is 12.0 Å². The molecule has 130 valence electrons. The number of carbonyl (C=O) groups is 1. The number of ether oxygens (including phenoxy) is 1. The Labute approximate surface area is 135 Å². The summed E-state index contributed by atoms with van der Waals surface area (Å²) in [6.07, 6.45) is -1.97. The van der Waals surface area contributed by atoms with Crippen LogP contribution in [0, 0.1) is 5.92 Å². The number of nitrogens with one attached hydrogen (secondary N) is 1. The molecule has 6 nitrogen and oxygen atoms in total. The number of aliphatic hydroxyl groups is 1. The van der Waals surface area contributed by atoms with E-state index in [-0.39, 0.29) is 30.6 Å². The van der Waals surface area contributed by atoms with Crippen LogP contribution in [0.5, 0.6) is 5.75 Å². The van der Waals surface area contributed by atoms with Gasteiger partial charge in [0.25, 0.3) is 5.91 Å². The van der Waals surface area contributed by atoms with Crippen LogP contribution in [0.25, 0.3) is 0 Å². The van der Waals surface area contributed by atoms with Crippen molar-refractivity contribution < 1.29 is 32.2 Å². The van der Waals surface area contributed by atoms with Crippen LogP contribution in [0.1, 0.15) is 16.1 Å². The minimum atomic E-state index is -4.74. The molecule has 2 N–H and O–H groups in total. The molecule has 1 atom stereocenters. The Morgan fingerprint density at radius 1 is 1.33 bits per heavy atom. The average molecular weight is 344 g/mol. The second-order valence-corrected chi connectivity index (χ2v) is 5.02. The van der Waals surface area contributed by atoms with E-state index in [1.807, 2.05) is 0 Å². The first kappa shape index (κ1) is 17.8. The van der Waals surface area contributed by atoms with Gasteiger partial charge < -0.3 is 19.6 Å². The lowest BCUT2D eigenvalue weighted by molar-refractivity contribution is -0.274. The van der Waals surface area contributed by atoms with Gasteiger partial charge in [0, 0.05) is 19.1 Å². The second kappa shape index (κ2) is 7.82. The maximum atomic E-state index is 12.1. The van der Waals surface area contributed by atoms with Gasteiger partial charge in [-0.15, -0.1) is 13.2 Å². The van der Waals surface area contributed by atoms with Gasteiger partial charge in [0.05, 0.1) is 6.20 Å². The maximum absolute atomic E-state index is 12.1. The van der Waals surface area contributed by atoms with Gasteiger partial charge in [-0.3, -0.25) is 4.79 Å². The van der Waals surface area contributed by atoms with E-state index in [9.17, 15) is 23.1 Å². The predicted octanol–water partition coefficient (Wildman–Crippen LogP) is 2.15. The molecule has 0 aliphatic heterocycles. The Morgan fingerprint density at radius 3 is 2.58 bits per heavy atom. The summed E-state index contributed by atoms with van der Waals surface area (Å²) >= 11 is 0. The zero-order valence-corrected chi connectivity index (χ0v) is 12.4. The third-order valence-corrected chi connectivity index (χ3v) is 3.15. The van der Waals surface area contributed by atoms with E-state index < -0.39 is 12.3 Å². The monoisotopic (exact) mass is 344 g/mol. The number of aliphatic hydroxyl groups excluding tert-OH is 1. The van der Waals surface area contributed by atoms with Crippen LogP contribution < -0.4 is 10.1 Å². The van der Waals surface area contributed by atoms with Gasteiger partial charge in [0.15, 0.2) is 6.39 Å². The molecule has 0 fully saturated rings. The van der Waals surface area contributed by atoms with E-state index in [1.165, 1.54) is 30.5 Å². The van der Waals surface area contributed by atoms with Crippen LogP contribution in [0.3, 0.4) is 0 Å². The second-order valence-electron chi connectivity index (χ2n) is 5.02. The molecule has 2 aromatic rings. The number of amides is 1. The van der Waals surface area contributed by atoms with E-state index in [0.717, 1.165) is 6.39 Å². The lowest BCUT2D eigenvalue weighted by Gasteiger charge is -2.15. The molecule has 24 heavy (non-hydrogen) atoms. The average Bonchev–Trinajstić information content (AvgIpc) is 3.06. The molecule has 0 aliphatic carbocycles. The van der Waals surface area contributed by atoms with Crippen molar-refractivity contribution in [2.45, 2.75) is 12.8 Å². The zero-order chi connectivity index (χ0) is 17.6. The van der Waals surface area contributed by atoms with Crippen LogP contribution in [0.15, 0.2) is 41.3 Å². The fraction of sp³-hybridized carbons (Fsp3) is 0.333. The van der Waals surface area contributed by atoms with Crippen molar-refractivity contribution in [2.75, 3.05) is 13.2 Å². The molecule has 1 unspecified atom stereocenters. The van der Waals surface area contributed by atoms with Gasteiger partial charge in [0.1, 0.15) is 5.75 Å². The summed E-state index contributed by atoms with van der Waals surface area (Å²) in [5, 5.41) is 12.0. The number of nitrogens with zero attached hydrogens (tertiary/aromatic N) is 1. The molecule has 0 bridgehead atoms. The third-order valence-electron chi connectivity index (χ3n) is 3.15. The number of rotatable bonds is 7. The van der Waals surface area contributed by atoms with Gasteiger partial charge in [-0.05, 0) is 24.1 Å². The van der Waals surface area contributed by atoms with E-state index in [2.05, 4.69) is 15.0 Å². The Hall–Kier alpha value is -2.55. The van der Waals surface area contributed by atoms with Crippen molar-refractivity contribution >= 4 is 5.91 Å². The standard InChI is InChI=1S/C15H15F3N2O4/c16-15(17,18)24-12-3-1-10(2-4-12)5-11(8-21)6-20-14(22)13-7-19-9-23-13/h1-4,7,9,11,21H,5-6,8H2,(H,20,22). The number of hydrogen-bond acceptors (Lipinski definition) is 5. The van der Waals surface area contributed by atoms with Crippen molar-refractivity contribution in [3.63, 3.8) is 0 Å². The van der Waals surface area contributed by atoms with E-state index >= 15 is 0 Å². The Morgan fingerprint density at radius 2 is 2.04 bits per heavy atom. The van der Waals surface area contributed by atoms with Crippen LogP contribution in [-0.2, 0) is 6.42 Å². The third kappa shape index (κ3) is 5.58. The molecular formula is C15H15F3N2O4. The number of benzene rings is 1. The molecule has 0 saturated heterocycles. The number of carbonyl (C=O) groups excluding carboxylic acids is 1. The minimum Gasteiger partial charge on any atom is -0.438 e. The highest BCUT2D eigenvalue weighted by Crippen LogP contribution is 2.23. The van der Waals surface area contributed by atoms with Crippen molar-refractivity contribution in [1.82, 2.24) is 10.3 Å². The highest BCUT2D eigenvalue weighted by atomic mass is 19.4. The highest BCUT2D eigenvalue weighted by molar-refractivity contribution is 5.90. The summed E-state index contributed by atoms with van der Waals surface area (Å²) in [6, 6.07) is 5.35. The van der Waals surface area contributed by atoms with Crippen LogP contribution in [-0.4, -0.2) is 35.5 Å². The van der Waals surface area contributed by atoms with Crippen LogP contribution in [0.2, 0.25) is 0 Å². The highest BCUT2D eigenvalue weighted by Gasteiger charge is 2.30. The molecule has 0 saturated carbocycles. The lowest BCUT2D eigenvalue weighted by Crippen LogP contribution is -2.31. The number of oxazole rings is 1. The van der Waals surface area contributed by atoms with Gasteiger partial charge in [-0.1, -0.05) is 12.1 Å². The zero-order valence-electron chi connectivity index (χ0n) is 12.4. The lowest BCUT2D eigenvalue weighted by atomic mass is 10.00. The summed E-state index contributed by atoms with van der Waals surface area (Å²) in [7, 11) is 0. The van der Waals surface area contributed by atoms with Crippen LogP contribution >= 0.6 is 0 Å². The molecule has 0 spiro atoms. The summed E-state index contributed by atoms with van der Waals surface area (Å²) in [5.74, 6) is -1.02. The van der Waals surface area contributed by atoms with Gasteiger partial charge in [0.2, 0.25) is 5.76 Å². The summed E-state index contributed by atoms with van der Waals surface area (Å²) in [6.45, 7) is -0.0195. The van der Waals surface area contributed by atoms with Crippen molar-refractivity contribution in [3.8, 4) is 5.75 Å².